The Bertz CT molecular complexity index is 422. The molecule has 0 heterocycles. The van der Waals surface area contributed by atoms with E-state index in [1.54, 1.807) is 18.2 Å². The van der Waals surface area contributed by atoms with Crippen LogP contribution in [0.15, 0.2) is 48.5 Å². The zero-order valence-corrected chi connectivity index (χ0v) is 8.82. The van der Waals surface area contributed by atoms with Gasteiger partial charge >= 0.3 is 0 Å². The van der Waals surface area contributed by atoms with Crippen LogP contribution >= 0.6 is 0 Å². The first-order chi connectivity index (χ1) is 7.84. The van der Waals surface area contributed by atoms with Gasteiger partial charge in [-0.05, 0) is 35.9 Å². The van der Waals surface area contributed by atoms with Crippen molar-refractivity contribution in [3.8, 4) is 5.75 Å². The Kier molecular flexibility index (Phi) is 3.54. The van der Waals surface area contributed by atoms with Crippen molar-refractivity contribution in [2.75, 3.05) is 6.61 Å². The van der Waals surface area contributed by atoms with Crippen LogP contribution in [0, 0.1) is 11.9 Å². The number of ether oxygens (including phenoxy) is 1. The van der Waals surface area contributed by atoms with Gasteiger partial charge in [0.25, 0.3) is 0 Å². The highest BCUT2D eigenvalue weighted by molar-refractivity contribution is 5.20. The minimum Gasteiger partial charge on any atom is -0.493 e. The SMILES string of the molecule is Fc1ccc(CCOc2c[c]ccc2)cc1. The lowest BCUT2D eigenvalue weighted by atomic mass is 10.2. The average Bonchev–Trinajstić information content (AvgIpc) is 2.33. The van der Waals surface area contributed by atoms with Crippen LogP contribution in [0.3, 0.4) is 0 Å². The van der Waals surface area contributed by atoms with Gasteiger partial charge in [0.05, 0.1) is 6.61 Å². The van der Waals surface area contributed by atoms with Crippen LogP contribution in [0.1, 0.15) is 5.56 Å². The zero-order valence-electron chi connectivity index (χ0n) is 8.82. The maximum Gasteiger partial charge on any atom is 0.123 e. The second-order valence-corrected chi connectivity index (χ2v) is 3.46. The summed E-state index contributed by atoms with van der Waals surface area (Å²) in [4.78, 5) is 0. The Hall–Kier alpha value is -1.83. The van der Waals surface area contributed by atoms with E-state index >= 15 is 0 Å². The highest BCUT2D eigenvalue weighted by atomic mass is 19.1. The van der Waals surface area contributed by atoms with Crippen molar-refractivity contribution in [2.45, 2.75) is 6.42 Å². The Labute approximate surface area is 94.5 Å². The normalized spacial score (nSPS) is 10.1. The third-order valence-electron chi connectivity index (χ3n) is 2.25. The van der Waals surface area contributed by atoms with Gasteiger partial charge < -0.3 is 4.74 Å². The van der Waals surface area contributed by atoms with Crippen molar-refractivity contribution in [1.82, 2.24) is 0 Å². The summed E-state index contributed by atoms with van der Waals surface area (Å²) in [5.41, 5.74) is 1.07. The average molecular weight is 215 g/mol. The topological polar surface area (TPSA) is 9.23 Å². The molecule has 0 atom stereocenters. The molecule has 0 aliphatic rings. The molecule has 2 rings (SSSR count). The van der Waals surface area contributed by atoms with Crippen molar-refractivity contribution in [3.63, 3.8) is 0 Å². The lowest BCUT2D eigenvalue weighted by Crippen LogP contribution is -2.01. The van der Waals surface area contributed by atoms with Gasteiger partial charge in [-0.25, -0.2) is 4.39 Å². The molecule has 0 aliphatic heterocycles. The minimum absolute atomic E-state index is 0.206. The fourth-order valence-electron chi connectivity index (χ4n) is 1.40. The highest BCUT2D eigenvalue weighted by Crippen LogP contribution is 2.09. The molecule has 2 aromatic rings. The van der Waals surface area contributed by atoms with Crippen LogP contribution in [-0.2, 0) is 6.42 Å². The summed E-state index contributed by atoms with van der Waals surface area (Å²) in [6.07, 6.45) is 0.773. The van der Waals surface area contributed by atoms with Crippen LogP contribution in [0.5, 0.6) is 5.75 Å². The van der Waals surface area contributed by atoms with Crippen molar-refractivity contribution in [2.24, 2.45) is 0 Å². The van der Waals surface area contributed by atoms with Gasteiger partial charge in [0.2, 0.25) is 0 Å². The zero-order chi connectivity index (χ0) is 11.2. The van der Waals surface area contributed by atoms with Crippen LogP contribution in [-0.4, -0.2) is 6.61 Å². The summed E-state index contributed by atoms with van der Waals surface area (Å²) in [5, 5.41) is 0. The monoisotopic (exact) mass is 215 g/mol. The molecule has 0 aliphatic carbocycles. The smallest absolute Gasteiger partial charge is 0.123 e. The van der Waals surface area contributed by atoms with Gasteiger partial charge in [-0.2, -0.15) is 0 Å². The predicted octanol–water partition coefficient (Wildman–Crippen LogP) is 3.25. The predicted molar refractivity (Wildman–Crippen MR) is 60.9 cm³/mol. The van der Waals surface area contributed by atoms with Gasteiger partial charge in [-0.15, -0.1) is 0 Å². The molecule has 0 saturated carbocycles. The standard InChI is InChI=1S/C14H12FO/c15-13-8-6-12(7-9-13)10-11-16-14-4-2-1-3-5-14/h1-2,4-9H,10-11H2. The molecular formula is C14H12FO. The van der Waals surface area contributed by atoms with Gasteiger partial charge in [-0.1, -0.05) is 24.3 Å². The third-order valence-corrected chi connectivity index (χ3v) is 2.25. The molecule has 81 valence electrons. The van der Waals surface area contributed by atoms with Crippen molar-refractivity contribution in [3.05, 3.63) is 66.0 Å². The van der Waals surface area contributed by atoms with Gasteiger partial charge in [0.15, 0.2) is 0 Å². The van der Waals surface area contributed by atoms with Crippen LogP contribution < -0.4 is 4.74 Å². The molecule has 0 aromatic heterocycles. The van der Waals surface area contributed by atoms with Gasteiger partial charge in [0.1, 0.15) is 11.6 Å². The molecular weight excluding hydrogens is 203 g/mol. The molecule has 0 amide bonds. The third kappa shape index (κ3) is 3.09. The number of rotatable bonds is 4. The van der Waals surface area contributed by atoms with E-state index in [2.05, 4.69) is 6.07 Å². The maximum absolute atomic E-state index is 12.6. The quantitative estimate of drug-likeness (QED) is 0.760. The molecule has 1 nitrogen and oxygen atoms in total. The Morgan fingerprint density at radius 1 is 1.12 bits per heavy atom. The summed E-state index contributed by atoms with van der Waals surface area (Å²) >= 11 is 0. The summed E-state index contributed by atoms with van der Waals surface area (Å²) < 4.78 is 18.2. The largest absolute Gasteiger partial charge is 0.493 e. The Morgan fingerprint density at radius 3 is 2.62 bits per heavy atom. The Balaban J connectivity index is 1.82. The molecule has 2 aromatic carbocycles. The number of benzene rings is 2. The molecule has 1 radical (unpaired) electrons. The van der Waals surface area contributed by atoms with E-state index in [1.807, 2.05) is 18.2 Å². The lowest BCUT2D eigenvalue weighted by Gasteiger charge is -2.05. The molecule has 0 fully saturated rings. The van der Waals surface area contributed by atoms with E-state index < -0.39 is 0 Å². The summed E-state index contributed by atoms with van der Waals surface area (Å²) in [6.45, 7) is 0.587. The molecule has 2 heteroatoms. The van der Waals surface area contributed by atoms with E-state index in [-0.39, 0.29) is 5.82 Å². The van der Waals surface area contributed by atoms with E-state index in [9.17, 15) is 4.39 Å². The number of hydrogen-bond donors (Lipinski definition) is 0. The molecule has 0 saturated heterocycles. The summed E-state index contributed by atoms with van der Waals surface area (Å²) in [6, 6.07) is 16.8. The van der Waals surface area contributed by atoms with Crippen LogP contribution in [0.25, 0.3) is 0 Å². The fourth-order valence-corrected chi connectivity index (χ4v) is 1.40. The lowest BCUT2D eigenvalue weighted by molar-refractivity contribution is 0.322. The minimum atomic E-state index is -0.206. The van der Waals surface area contributed by atoms with Crippen molar-refractivity contribution < 1.29 is 9.13 Å². The molecule has 16 heavy (non-hydrogen) atoms. The van der Waals surface area contributed by atoms with E-state index in [0.29, 0.717) is 6.61 Å². The van der Waals surface area contributed by atoms with Gasteiger partial charge in [-0.3, -0.25) is 0 Å². The van der Waals surface area contributed by atoms with Crippen molar-refractivity contribution in [1.29, 1.82) is 0 Å². The maximum atomic E-state index is 12.6. The molecule has 0 spiro atoms. The summed E-state index contributed by atoms with van der Waals surface area (Å²) in [7, 11) is 0. The number of halogens is 1. The summed E-state index contributed by atoms with van der Waals surface area (Å²) in [5.74, 6) is 0.604. The van der Waals surface area contributed by atoms with Crippen LogP contribution in [0.4, 0.5) is 4.39 Å². The number of hydrogen-bond acceptors (Lipinski definition) is 1. The van der Waals surface area contributed by atoms with Gasteiger partial charge in [0, 0.05) is 6.42 Å². The first-order valence-electron chi connectivity index (χ1n) is 5.18. The van der Waals surface area contributed by atoms with Crippen molar-refractivity contribution >= 4 is 0 Å². The fraction of sp³-hybridized carbons (Fsp3) is 0.143. The Morgan fingerprint density at radius 2 is 1.94 bits per heavy atom. The molecule has 0 N–H and O–H groups in total. The van der Waals surface area contributed by atoms with E-state index in [1.165, 1.54) is 12.1 Å². The van der Waals surface area contributed by atoms with Crippen LogP contribution in [0.2, 0.25) is 0 Å². The van der Waals surface area contributed by atoms with E-state index in [0.717, 1.165) is 17.7 Å². The second kappa shape index (κ2) is 5.31. The molecule has 0 unspecified atom stereocenters. The van der Waals surface area contributed by atoms with E-state index in [4.69, 9.17) is 4.74 Å². The highest BCUT2D eigenvalue weighted by Gasteiger charge is 1.95. The second-order valence-electron chi connectivity index (χ2n) is 3.46. The first-order valence-corrected chi connectivity index (χ1v) is 5.18. The first kappa shape index (κ1) is 10.7. The molecule has 0 bridgehead atoms.